The van der Waals surface area contributed by atoms with Gasteiger partial charge in [-0.15, -0.1) is 0 Å². The van der Waals surface area contributed by atoms with Crippen LogP contribution in [-0.2, 0) is 9.53 Å². The van der Waals surface area contributed by atoms with Crippen molar-refractivity contribution < 1.29 is 9.53 Å². The second-order valence-corrected chi connectivity index (χ2v) is 3.89. The number of nitrogens with one attached hydrogen (secondary N) is 1. The van der Waals surface area contributed by atoms with Gasteiger partial charge in [-0.3, -0.25) is 10.1 Å². The average Bonchev–Trinajstić information content (AvgIpc) is 2.15. The number of primary amides is 1. The van der Waals surface area contributed by atoms with E-state index in [1.54, 1.807) is 0 Å². The SMILES string of the molecule is CCN(CC)CCNC1(C(N)=O)COC1. The van der Waals surface area contributed by atoms with E-state index in [4.69, 9.17) is 10.5 Å². The summed E-state index contributed by atoms with van der Waals surface area (Å²) >= 11 is 0. The Morgan fingerprint density at radius 1 is 1.47 bits per heavy atom. The number of carbonyl (C=O) groups is 1. The predicted octanol–water partition coefficient (Wildman–Crippen LogP) is -0.828. The molecule has 0 bridgehead atoms. The van der Waals surface area contributed by atoms with Crippen LogP contribution in [0.3, 0.4) is 0 Å². The maximum absolute atomic E-state index is 11.2. The molecule has 1 fully saturated rings. The van der Waals surface area contributed by atoms with Crippen LogP contribution in [0.2, 0.25) is 0 Å². The molecule has 0 radical (unpaired) electrons. The largest absolute Gasteiger partial charge is 0.376 e. The highest BCUT2D eigenvalue weighted by atomic mass is 16.5. The first-order valence-corrected chi connectivity index (χ1v) is 5.49. The number of hydrogen-bond acceptors (Lipinski definition) is 4. The van der Waals surface area contributed by atoms with Gasteiger partial charge >= 0.3 is 0 Å². The maximum atomic E-state index is 11.2. The highest BCUT2D eigenvalue weighted by Crippen LogP contribution is 2.15. The first kappa shape index (κ1) is 12.4. The van der Waals surface area contributed by atoms with E-state index in [0.29, 0.717) is 13.2 Å². The summed E-state index contributed by atoms with van der Waals surface area (Å²) in [6.07, 6.45) is 0. The molecule has 0 aliphatic carbocycles. The molecule has 3 N–H and O–H groups in total. The van der Waals surface area contributed by atoms with Gasteiger partial charge in [0.15, 0.2) is 0 Å². The van der Waals surface area contributed by atoms with Crippen molar-refractivity contribution in [2.24, 2.45) is 5.73 Å². The van der Waals surface area contributed by atoms with Crippen LogP contribution in [0.25, 0.3) is 0 Å². The van der Waals surface area contributed by atoms with E-state index in [1.165, 1.54) is 0 Å². The van der Waals surface area contributed by atoms with E-state index in [0.717, 1.165) is 26.2 Å². The Bertz CT molecular complexity index is 213. The Morgan fingerprint density at radius 2 is 2.07 bits per heavy atom. The molecule has 1 heterocycles. The van der Waals surface area contributed by atoms with Gasteiger partial charge in [-0.25, -0.2) is 0 Å². The van der Waals surface area contributed by atoms with E-state index < -0.39 is 5.54 Å². The van der Waals surface area contributed by atoms with Crippen LogP contribution in [0, 0.1) is 0 Å². The molecular weight excluding hydrogens is 194 g/mol. The third-order valence-electron chi connectivity index (χ3n) is 2.95. The quantitative estimate of drug-likeness (QED) is 0.582. The van der Waals surface area contributed by atoms with E-state index in [2.05, 4.69) is 24.1 Å². The zero-order valence-electron chi connectivity index (χ0n) is 9.58. The van der Waals surface area contributed by atoms with E-state index in [-0.39, 0.29) is 5.91 Å². The van der Waals surface area contributed by atoms with Gasteiger partial charge in [-0.05, 0) is 13.1 Å². The molecule has 0 atom stereocenters. The summed E-state index contributed by atoms with van der Waals surface area (Å²) in [5.41, 5.74) is 4.72. The summed E-state index contributed by atoms with van der Waals surface area (Å²) < 4.78 is 5.03. The van der Waals surface area contributed by atoms with E-state index in [1.807, 2.05) is 0 Å². The van der Waals surface area contributed by atoms with Crippen molar-refractivity contribution in [2.45, 2.75) is 19.4 Å². The minimum absolute atomic E-state index is 0.312. The molecule has 5 nitrogen and oxygen atoms in total. The maximum Gasteiger partial charge on any atom is 0.242 e. The van der Waals surface area contributed by atoms with Gasteiger partial charge in [0.25, 0.3) is 0 Å². The Balaban J connectivity index is 2.26. The van der Waals surface area contributed by atoms with Crippen molar-refractivity contribution in [1.29, 1.82) is 0 Å². The Kier molecular flexibility index (Phi) is 4.50. The van der Waals surface area contributed by atoms with Crippen molar-refractivity contribution >= 4 is 5.91 Å². The number of carbonyl (C=O) groups excluding carboxylic acids is 1. The third-order valence-corrected chi connectivity index (χ3v) is 2.95. The molecule has 1 saturated heterocycles. The lowest BCUT2D eigenvalue weighted by atomic mass is 9.97. The monoisotopic (exact) mass is 215 g/mol. The van der Waals surface area contributed by atoms with Gasteiger partial charge in [0, 0.05) is 13.1 Å². The summed E-state index contributed by atoms with van der Waals surface area (Å²) in [6, 6.07) is 0. The van der Waals surface area contributed by atoms with Gasteiger partial charge in [-0.1, -0.05) is 13.8 Å². The third kappa shape index (κ3) is 2.90. The zero-order chi connectivity index (χ0) is 11.3. The number of hydrogen-bond donors (Lipinski definition) is 2. The molecule has 0 saturated carbocycles. The fraction of sp³-hybridized carbons (Fsp3) is 0.900. The van der Waals surface area contributed by atoms with E-state index >= 15 is 0 Å². The van der Waals surface area contributed by atoms with Gasteiger partial charge < -0.3 is 15.4 Å². The second-order valence-electron chi connectivity index (χ2n) is 3.89. The fourth-order valence-electron chi connectivity index (χ4n) is 1.63. The van der Waals surface area contributed by atoms with Gasteiger partial charge in [0.2, 0.25) is 5.91 Å². The second kappa shape index (κ2) is 5.44. The molecule has 1 rings (SSSR count). The van der Waals surface area contributed by atoms with Crippen LogP contribution < -0.4 is 11.1 Å². The van der Waals surface area contributed by atoms with Crippen LogP contribution in [0.4, 0.5) is 0 Å². The number of nitrogens with two attached hydrogens (primary N) is 1. The molecule has 0 unspecified atom stereocenters. The highest BCUT2D eigenvalue weighted by molar-refractivity contribution is 5.85. The summed E-state index contributed by atoms with van der Waals surface area (Å²) in [5, 5.41) is 3.19. The number of rotatable bonds is 7. The van der Waals surface area contributed by atoms with Crippen molar-refractivity contribution in [2.75, 3.05) is 39.4 Å². The molecule has 0 spiro atoms. The topological polar surface area (TPSA) is 67.6 Å². The van der Waals surface area contributed by atoms with Gasteiger partial charge in [-0.2, -0.15) is 0 Å². The Morgan fingerprint density at radius 3 is 2.40 bits per heavy atom. The minimum atomic E-state index is -0.604. The van der Waals surface area contributed by atoms with Crippen LogP contribution in [0.15, 0.2) is 0 Å². The molecule has 1 amide bonds. The number of nitrogens with zero attached hydrogens (tertiary/aromatic N) is 1. The highest BCUT2D eigenvalue weighted by Gasteiger charge is 2.43. The van der Waals surface area contributed by atoms with Crippen LogP contribution in [-0.4, -0.2) is 55.7 Å². The minimum Gasteiger partial charge on any atom is -0.376 e. The molecule has 88 valence electrons. The standard InChI is InChI=1S/C10H21N3O2/c1-3-13(4-2)6-5-12-10(9(11)14)7-15-8-10/h12H,3-8H2,1-2H3,(H2,11,14). The molecule has 15 heavy (non-hydrogen) atoms. The summed E-state index contributed by atoms with van der Waals surface area (Å²) in [5.74, 6) is -0.312. The average molecular weight is 215 g/mol. The normalized spacial score (nSPS) is 18.9. The zero-order valence-corrected chi connectivity index (χ0v) is 9.58. The molecular formula is C10H21N3O2. The van der Waals surface area contributed by atoms with Crippen molar-refractivity contribution in [3.8, 4) is 0 Å². The van der Waals surface area contributed by atoms with Crippen LogP contribution in [0.1, 0.15) is 13.8 Å². The van der Waals surface area contributed by atoms with Crippen molar-refractivity contribution in [1.82, 2.24) is 10.2 Å². The van der Waals surface area contributed by atoms with Crippen molar-refractivity contribution in [3.63, 3.8) is 0 Å². The van der Waals surface area contributed by atoms with Gasteiger partial charge in [0.1, 0.15) is 5.54 Å². The van der Waals surface area contributed by atoms with Gasteiger partial charge in [0.05, 0.1) is 13.2 Å². The summed E-state index contributed by atoms with van der Waals surface area (Å²) in [7, 11) is 0. The number of ether oxygens (including phenoxy) is 1. The molecule has 1 aliphatic rings. The lowest BCUT2D eigenvalue weighted by Gasteiger charge is -2.39. The molecule has 5 heteroatoms. The first-order chi connectivity index (χ1) is 7.14. The predicted molar refractivity (Wildman–Crippen MR) is 58.5 cm³/mol. The Labute approximate surface area is 90.9 Å². The molecule has 0 aromatic heterocycles. The Hall–Kier alpha value is -0.650. The lowest BCUT2D eigenvalue weighted by Crippen LogP contribution is -2.68. The molecule has 0 aromatic carbocycles. The summed E-state index contributed by atoms with van der Waals surface area (Å²) in [6.45, 7) is 8.81. The molecule has 0 aromatic rings. The fourth-order valence-corrected chi connectivity index (χ4v) is 1.63. The van der Waals surface area contributed by atoms with E-state index in [9.17, 15) is 4.79 Å². The van der Waals surface area contributed by atoms with Crippen LogP contribution >= 0.6 is 0 Å². The number of amides is 1. The van der Waals surface area contributed by atoms with Crippen molar-refractivity contribution in [3.05, 3.63) is 0 Å². The summed E-state index contributed by atoms with van der Waals surface area (Å²) in [4.78, 5) is 13.5. The smallest absolute Gasteiger partial charge is 0.242 e. The lowest BCUT2D eigenvalue weighted by molar-refractivity contribution is -0.144. The molecule has 1 aliphatic heterocycles. The first-order valence-electron chi connectivity index (χ1n) is 5.49. The van der Waals surface area contributed by atoms with Crippen LogP contribution in [0.5, 0.6) is 0 Å². The number of likely N-dealkylation sites (N-methyl/N-ethyl adjacent to an activating group) is 1.